The smallest absolute Gasteiger partial charge is 0.0519 e. The van der Waals surface area contributed by atoms with Crippen LogP contribution in [0.4, 0.5) is 0 Å². The Kier molecular flexibility index (Phi) is 18.0. The highest BCUT2D eigenvalue weighted by molar-refractivity contribution is 5.85. The number of hydrogen-bond donors (Lipinski definition) is 0. The van der Waals surface area contributed by atoms with Gasteiger partial charge in [0.2, 0.25) is 0 Å². The van der Waals surface area contributed by atoms with Crippen LogP contribution in [0.5, 0.6) is 0 Å². The van der Waals surface area contributed by atoms with E-state index in [2.05, 4.69) is 216 Å². The second-order valence-electron chi connectivity index (χ2n) is 21.4. The van der Waals surface area contributed by atoms with Crippen molar-refractivity contribution in [2.45, 2.75) is 184 Å². The summed E-state index contributed by atoms with van der Waals surface area (Å²) in [4.78, 5) is 5.87. The fourth-order valence-corrected chi connectivity index (χ4v) is 12.5. The van der Waals surface area contributed by atoms with Crippen LogP contribution in [0.25, 0.3) is 0 Å². The lowest BCUT2D eigenvalue weighted by atomic mass is 9.62. The van der Waals surface area contributed by atoms with Gasteiger partial charge in [0.25, 0.3) is 0 Å². The van der Waals surface area contributed by atoms with Crippen molar-refractivity contribution in [3.63, 3.8) is 0 Å². The van der Waals surface area contributed by atoms with Gasteiger partial charge in [-0.2, -0.15) is 0 Å². The van der Waals surface area contributed by atoms with Crippen molar-refractivity contribution in [1.29, 1.82) is 0 Å². The zero-order valence-electron chi connectivity index (χ0n) is 44.9. The molecule has 1 saturated heterocycles. The molecule has 1 heterocycles. The zero-order chi connectivity index (χ0) is 48.2. The van der Waals surface area contributed by atoms with E-state index in [1.165, 1.54) is 66.8 Å². The lowest BCUT2D eigenvalue weighted by Gasteiger charge is -2.51. The van der Waals surface area contributed by atoms with Gasteiger partial charge in [0.05, 0.1) is 6.67 Å². The summed E-state index contributed by atoms with van der Waals surface area (Å²) in [6, 6.07) is 30.4. The molecule has 0 aromatic heterocycles. The highest BCUT2D eigenvalue weighted by Gasteiger charge is 2.51. The molecule has 4 aromatic carbocycles. The summed E-state index contributed by atoms with van der Waals surface area (Å²) < 4.78 is 0. The number of rotatable bonds is 18. The van der Waals surface area contributed by atoms with E-state index in [1.54, 1.807) is 11.1 Å². The van der Waals surface area contributed by atoms with Gasteiger partial charge in [-0.1, -0.05) is 206 Å². The minimum atomic E-state index is -0.134. The molecule has 3 heteroatoms. The summed E-state index contributed by atoms with van der Waals surface area (Å²) in [5.41, 5.74) is 20.4. The van der Waals surface area contributed by atoms with Crippen molar-refractivity contribution >= 4 is 12.4 Å². The SMILES string of the molecule is CCc1cc(CC)cc(C(C)C2=CC=CC(C)(C(C)c3cc(CC)cc(CC)c3)C2N2CCN(C3C(C(C)c4cc(CC)cc(CC)c4)=CC=CC3(C)C(C)c3cc(CC)cc(CC)c3)C2)c1.Cl. The van der Waals surface area contributed by atoms with E-state index < -0.39 is 0 Å². The summed E-state index contributed by atoms with van der Waals surface area (Å²) in [5.74, 6) is 1.21. The van der Waals surface area contributed by atoms with Gasteiger partial charge in [-0.3, -0.25) is 9.80 Å². The predicted molar refractivity (Wildman–Crippen MR) is 298 cm³/mol. The highest BCUT2D eigenvalue weighted by atomic mass is 35.5. The minimum absolute atomic E-state index is 0. The average molecular weight is 934 g/mol. The fourth-order valence-electron chi connectivity index (χ4n) is 12.5. The third-order valence-corrected chi connectivity index (χ3v) is 17.5. The lowest BCUT2D eigenvalue weighted by molar-refractivity contribution is 0.0771. The molecule has 0 saturated carbocycles. The molecule has 3 aliphatic rings. The summed E-state index contributed by atoms with van der Waals surface area (Å²) >= 11 is 0. The molecule has 0 spiro atoms. The number of aryl methyl sites for hydroxylation is 8. The van der Waals surface area contributed by atoms with Gasteiger partial charge in [-0.25, -0.2) is 0 Å². The Balaban J connectivity index is 0.00000761. The Morgan fingerprint density at radius 1 is 0.412 bits per heavy atom. The van der Waals surface area contributed by atoms with Crippen molar-refractivity contribution in [2.75, 3.05) is 19.8 Å². The second kappa shape index (κ2) is 22.9. The number of halogens is 1. The molecule has 366 valence electrons. The average Bonchev–Trinajstić information content (AvgIpc) is 3.85. The van der Waals surface area contributed by atoms with Crippen LogP contribution in [0.1, 0.15) is 187 Å². The quantitative estimate of drug-likeness (QED) is 0.0981. The fraction of sp³-hybridized carbons (Fsp3) is 0.508. The van der Waals surface area contributed by atoms with Gasteiger partial charge in [-0.05, 0) is 141 Å². The third kappa shape index (κ3) is 10.7. The van der Waals surface area contributed by atoms with Gasteiger partial charge >= 0.3 is 0 Å². The number of nitrogens with zero attached hydrogens (tertiary/aromatic N) is 2. The molecule has 2 aliphatic carbocycles. The molecule has 0 radical (unpaired) electrons. The van der Waals surface area contributed by atoms with Crippen LogP contribution in [-0.2, 0) is 51.4 Å². The summed E-state index contributed by atoms with van der Waals surface area (Å²) in [5, 5.41) is 0. The van der Waals surface area contributed by atoms with Gasteiger partial charge in [0, 0.05) is 47.8 Å². The molecule has 4 aromatic rings. The highest BCUT2D eigenvalue weighted by Crippen LogP contribution is 2.53. The second-order valence-corrected chi connectivity index (χ2v) is 21.4. The molecule has 2 nitrogen and oxygen atoms in total. The molecule has 0 amide bonds. The zero-order valence-corrected chi connectivity index (χ0v) is 45.8. The lowest BCUT2D eigenvalue weighted by Crippen LogP contribution is -2.53. The van der Waals surface area contributed by atoms with Crippen molar-refractivity contribution in [2.24, 2.45) is 10.8 Å². The first-order valence-corrected chi connectivity index (χ1v) is 27.0. The molecule has 1 aliphatic heterocycles. The van der Waals surface area contributed by atoms with Crippen molar-refractivity contribution < 1.29 is 0 Å². The van der Waals surface area contributed by atoms with E-state index in [0.29, 0.717) is 11.8 Å². The molecule has 0 bridgehead atoms. The summed E-state index contributed by atoms with van der Waals surface area (Å²) in [6.45, 7) is 36.8. The van der Waals surface area contributed by atoms with Crippen LogP contribution in [0, 0.1) is 10.8 Å². The number of benzene rings is 4. The van der Waals surface area contributed by atoms with E-state index in [4.69, 9.17) is 0 Å². The molecule has 0 N–H and O–H groups in total. The van der Waals surface area contributed by atoms with Gasteiger partial charge < -0.3 is 0 Å². The third-order valence-electron chi connectivity index (χ3n) is 17.5. The van der Waals surface area contributed by atoms with Crippen LogP contribution in [0.15, 0.2) is 120 Å². The largest absolute Gasteiger partial charge is 0.282 e. The van der Waals surface area contributed by atoms with E-state index >= 15 is 0 Å². The molecular weight excluding hydrogens is 844 g/mol. The Bertz CT molecular complexity index is 2220. The monoisotopic (exact) mass is 933 g/mol. The molecule has 1 fully saturated rings. The van der Waals surface area contributed by atoms with Crippen LogP contribution in [0.2, 0.25) is 0 Å². The Hall–Kier alpha value is -3.95. The maximum atomic E-state index is 2.93. The first-order chi connectivity index (χ1) is 32.2. The normalized spacial score (nSPS) is 23.7. The van der Waals surface area contributed by atoms with E-state index in [9.17, 15) is 0 Å². The Morgan fingerprint density at radius 3 is 0.912 bits per heavy atom. The molecule has 7 rings (SSSR count). The number of allylic oxidation sites excluding steroid dienone is 4. The molecule has 68 heavy (non-hydrogen) atoms. The standard InChI is InChI=1S/C65H88N2.ClH/c1-15-48-31-49(16-2)36-56(35-48)44(9)60-25-23-27-64(13,46(11)58-39-52(19-5)33-53(20-6)40-58)62(60)66-29-30-67(43-66)63-61(45(10)57-37-50(17-3)32-51(18-4)38-57)26-24-28-65(63,14)47(12)59-41-54(21-7)34-55(22-8)42-59;/h23-28,31-42,44-47,62-63H,15-22,29-30,43H2,1-14H3;1H. The first kappa shape index (κ1) is 53.4. The van der Waals surface area contributed by atoms with E-state index in [0.717, 1.165) is 71.1 Å². The molecule has 8 unspecified atom stereocenters. The van der Waals surface area contributed by atoms with Crippen LogP contribution >= 0.6 is 12.4 Å². The van der Waals surface area contributed by atoms with Gasteiger partial charge in [0.1, 0.15) is 0 Å². The Labute approximate surface area is 421 Å². The predicted octanol–water partition coefficient (Wildman–Crippen LogP) is 16.4. The van der Waals surface area contributed by atoms with Crippen molar-refractivity contribution in [1.82, 2.24) is 9.80 Å². The minimum Gasteiger partial charge on any atom is -0.282 e. The van der Waals surface area contributed by atoms with Crippen molar-refractivity contribution in [3.8, 4) is 0 Å². The van der Waals surface area contributed by atoms with Gasteiger partial charge in [-0.15, -0.1) is 12.4 Å². The van der Waals surface area contributed by atoms with E-state index in [-0.39, 0.29) is 47.2 Å². The number of hydrogen-bond acceptors (Lipinski definition) is 2. The summed E-state index contributed by atoms with van der Waals surface area (Å²) in [7, 11) is 0. The summed E-state index contributed by atoms with van der Waals surface area (Å²) in [6.07, 6.45) is 23.6. The maximum absolute atomic E-state index is 2.93. The van der Waals surface area contributed by atoms with Crippen molar-refractivity contribution in [3.05, 3.63) is 187 Å². The van der Waals surface area contributed by atoms with E-state index in [1.807, 2.05) is 0 Å². The van der Waals surface area contributed by atoms with Crippen LogP contribution in [0.3, 0.4) is 0 Å². The van der Waals surface area contributed by atoms with Crippen LogP contribution < -0.4 is 0 Å². The molecule has 8 atom stereocenters. The van der Waals surface area contributed by atoms with Crippen LogP contribution in [-0.4, -0.2) is 41.6 Å². The molecular formula is C65H89ClN2. The Morgan fingerprint density at radius 2 is 0.662 bits per heavy atom. The first-order valence-electron chi connectivity index (χ1n) is 27.0. The van der Waals surface area contributed by atoms with Gasteiger partial charge in [0.15, 0.2) is 0 Å². The topological polar surface area (TPSA) is 6.48 Å². The maximum Gasteiger partial charge on any atom is 0.0519 e.